The quantitative estimate of drug-likeness (QED) is 0.223. The predicted molar refractivity (Wildman–Crippen MR) is 118 cm³/mol. The van der Waals surface area contributed by atoms with Crippen LogP contribution in [0, 0.1) is 17.5 Å². The second-order valence-corrected chi connectivity index (χ2v) is 8.50. The third kappa shape index (κ3) is 7.19. The molecule has 0 fully saturated rings. The van der Waals surface area contributed by atoms with E-state index in [1.165, 1.54) is 6.92 Å². The van der Waals surface area contributed by atoms with E-state index in [2.05, 4.69) is 14.5 Å². The zero-order valence-corrected chi connectivity index (χ0v) is 20.7. The summed E-state index contributed by atoms with van der Waals surface area (Å²) < 4.78 is 96.1. The number of hydrogen-bond acceptors (Lipinski definition) is 8. The normalized spacial score (nSPS) is 14.8. The van der Waals surface area contributed by atoms with Gasteiger partial charge in [-0.15, -0.1) is 0 Å². The monoisotopic (exact) mass is 566 g/mol. The molecule has 2 N–H and O–H groups in total. The van der Waals surface area contributed by atoms with E-state index in [0.29, 0.717) is 12.1 Å². The van der Waals surface area contributed by atoms with Crippen molar-refractivity contribution in [3.05, 3.63) is 52.4 Å². The molecule has 0 saturated heterocycles. The van der Waals surface area contributed by atoms with Crippen molar-refractivity contribution in [3.63, 3.8) is 0 Å². The summed E-state index contributed by atoms with van der Waals surface area (Å²) in [4.78, 5) is 41.4. The molecule has 0 radical (unpaired) electrons. The Morgan fingerprint density at radius 3 is 2.38 bits per heavy atom. The maximum Gasteiger partial charge on any atom is 0.511 e. The molecule has 0 spiro atoms. The number of carbonyl (C=O) groups excluding carboxylic acids is 3. The number of ether oxygens (including phenoxy) is 3. The van der Waals surface area contributed by atoms with Crippen molar-refractivity contribution < 1.29 is 54.9 Å². The van der Waals surface area contributed by atoms with Gasteiger partial charge >= 0.3 is 18.3 Å². The maximum absolute atomic E-state index is 13.9. The number of nitrogens with two attached hydrogens (primary N) is 1. The molecule has 0 aliphatic carbocycles. The fourth-order valence-corrected chi connectivity index (χ4v) is 3.91. The number of imidazole rings is 1. The first-order valence-electron chi connectivity index (χ1n) is 11.6. The lowest BCUT2D eigenvalue weighted by atomic mass is 10.0. The van der Waals surface area contributed by atoms with E-state index < -0.39 is 78.5 Å². The molecule has 0 saturated carbocycles. The highest BCUT2D eigenvalue weighted by atomic mass is 19.4. The number of fused-ring (bicyclic) bond motifs is 1. The summed E-state index contributed by atoms with van der Waals surface area (Å²) >= 11 is 0. The van der Waals surface area contributed by atoms with Crippen molar-refractivity contribution in [1.82, 2.24) is 14.5 Å². The number of nitrogens with zero attached hydrogens (tertiary/aromatic N) is 3. The van der Waals surface area contributed by atoms with Crippen LogP contribution < -0.4 is 5.73 Å². The van der Waals surface area contributed by atoms with Gasteiger partial charge in [0.25, 0.3) is 0 Å². The Balaban J connectivity index is 1.75. The van der Waals surface area contributed by atoms with Gasteiger partial charge in [0.2, 0.25) is 18.0 Å². The summed E-state index contributed by atoms with van der Waals surface area (Å²) in [5.41, 5.74) is 4.61. The molecule has 2 heterocycles. The van der Waals surface area contributed by atoms with Crippen molar-refractivity contribution >= 4 is 18.0 Å². The molecule has 214 valence electrons. The number of esters is 1. The summed E-state index contributed by atoms with van der Waals surface area (Å²) in [5, 5.41) is 0. The minimum absolute atomic E-state index is 0.0355. The Morgan fingerprint density at radius 2 is 1.74 bits per heavy atom. The Bertz CT molecular complexity index is 1250. The third-order valence-electron chi connectivity index (χ3n) is 5.61. The SMILES string of the molecule is CCOC(=O)OC(C)OC(=O)c1nc(C(F)(F)F)n2c1CN(C(=O)CC(N)Cc1cc(F)c(F)cc1F)CC2. The molecule has 1 aromatic carbocycles. The highest BCUT2D eigenvalue weighted by molar-refractivity contribution is 5.89. The van der Waals surface area contributed by atoms with Crippen LogP contribution in [0.15, 0.2) is 12.1 Å². The molecule has 16 heteroatoms. The fourth-order valence-electron chi connectivity index (χ4n) is 3.91. The lowest BCUT2D eigenvalue weighted by Gasteiger charge is -2.30. The Labute approximate surface area is 217 Å². The molecule has 1 aliphatic heterocycles. The van der Waals surface area contributed by atoms with Crippen molar-refractivity contribution in [2.24, 2.45) is 5.73 Å². The topological polar surface area (TPSA) is 126 Å². The summed E-state index contributed by atoms with van der Waals surface area (Å²) in [6, 6.07) is -0.0695. The fraction of sp³-hybridized carbons (Fsp3) is 0.478. The molecule has 39 heavy (non-hydrogen) atoms. The molecule has 2 aromatic rings. The second-order valence-electron chi connectivity index (χ2n) is 8.50. The van der Waals surface area contributed by atoms with Crippen molar-refractivity contribution in [2.45, 2.75) is 58.3 Å². The van der Waals surface area contributed by atoms with E-state index in [1.807, 2.05) is 0 Å². The van der Waals surface area contributed by atoms with Gasteiger partial charge in [0, 0.05) is 38.5 Å². The number of hydrogen-bond donors (Lipinski definition) is 1. The molecule has 2 unspecified atom stereocenters. The standard InChI is InChI=1S/C23H24F6N4O6/c1-3-37-22(36)39-11(2)38-20(35)19-17-10-32(4-5-33(17)21(31-19)23(27,28)29)18(34)8-13(30)6-12-7-15(25)16(26)9-14(12)24/h7,9,11,13H,3-6,8,10,30H2,1-2H3. The van der Waals surface area contributed by atoms with Crippen LogP contribution in [-0.4, -0.2) is 58.0 Å². The van der Waals surface area contributed by atoms with Crippen LogP contribution in [0.3, 0.4) is 0 Å². The van der Waals surface area contributed by atoms with Crippen LogP contribution in [-0.2, 0) is 44.7 Å². The maximum atomic E-state index is 13.9. The molecular formula is C23H24F6N4O6. The smallest absolute Gasteiger partial charge is 0.435 e. The first kappa shape index (κ1) is 29.7. The highest BCUT2D eigenvalue weighted by Gasteiger charge is 2.42. The van der Waals surface area contributed by atoms with Crippen LogP contribution in [0.2, 0.25) is 0 Å². The van der Waals surface area contributed by atoms with E-state index >= 15 is 0 Å². The van der Waals surface area contributed by atoms with E-state index in [-0.39, 0.29) is 37.4 Å². The van der Waals surface area contributed by atoms with E-state index in [4.69, 9.17) is 10.5 Å². The van der Waals surface area contributed by atoms with Crippen LogP contribution in [0.1, 0.15) is 47.8 Å². The highest BCUT2D eigenvalue weighted by Crippen LogP contribution is 2.33. The molecule has 0 bridgehead atoms. The van der Waals surface area contributed by atoms with Gasteiger partial charge in [0.1, 0.15) is 5.82 Å². The zero-order valence-electron chi connectivity index (χ0n) is 20.7. The minimum Gasteiger partial charge on any atom is -0.435 e. The zero-order chi connectivity index (χ0) is 29.1. The Kier molecular flexibility index (Phi) is 9.09. The second kappa shape index (κ2) is 11.9. The largest absolute Gasteiger partial charge is 0.511 e. The summed E-state index contributed by atoms with van der Waals surface area (Å²) in [5.74, 6) is -7.12. The van der Waals surface area contributed by atoms with Crippen molar-refractivity contribution in [3.8, 4) is 0 Å². The number of rotatable bonds is 8. The van der Waals surface area contributed by atoms with Crippen molar-refractivity contribution in [1.29, 1.82) is 0 Å². The van der Waals surface area contributed by atoms with Gasteiger partial charge in [-0.1, -0.05) is 0 Å². The number of aromatic nitrogens is 2. The molecule has 1 aromatic heterocycles. The van der Waals surface area contributed by atoms with E-state index in [9.17, 15) is 40.7 Å². The molecular weight excluding hydrogens is 542 g/mol. The van der Waals surface area contributed by atoms with Gasteiger partial charge in [-0.3, -0.25) is 4.79 Å². The van der Waals surface area contributed by atoms with Gasteiger partial charge in [-0.05, 0) is 25.0 Å². The summed E-state index contributed by atoms with van der Waals surface area (Å²) in [7, 11) is 0. The van der Waals surface area contributed by atoms with Gasteiger partial charge in [-0.2, -0.15) is 13.2 Å². The number of amides is 1. The number of halogens is 6. The number of alkyl halides is 3. The first-order valence-corrected chi connectivity index (χ1v) is 11.6. The number of benzene rings is 1. The van der Waals surface area contributed by atoms with Gasteiger partial charge in [0.15, 0.2) is 17.3 Å². The van der Waals surface area contributed by atoms with Crippen LogP contribution in [0.25, 0.3) is 0 Å². The average molecular weight is 566 g/mol. The Hall–Kier alpha value is -3.82. The molecule has 3 rings (SSSR count). The van der Waals surface area contributed by atoms with Crippen LogP contribution >= 0.6 is 0 Å². The third-order valence-corrected chi connectivity index (χ3v) is 5.61. The molecule has 10 nitrogen and oxygen atoms in total. The lowest BCUT2D eigenvalue weighted by Crippen LogP contribution is -2.42. The number of carbonyl (C=O) groups is 3. The van der Waals surface area contributed by atoms with Crippen molar-refractivity contribution in [2.75, 3.05) is 13.2 Å². The van der Waals surface area contributed by atoms with E-state index in [0.717, 1.165) is 16.4 Å². The van der Waals surface area contributed by atoms with E-state index in [1.54, 1.807) is 0 Å². The van der Waals surface area contributed by atoms with Crippen LogP contribution in [0.4, 0.5) is 31.1 Å². The van der Waals surface area contributed by atoms with Gasteiger partial charge in [-0.25, -0.2) is 27.7 Å². The van der Waals surface area contributed by atoms with Gasteiger partial charge < -0.3 is 29.4 Å². The first-order chi connectivity index (χ1) is 18.2. The van der Waals surface area contributed by atoms with Crippen LogP contribution in [0.5, 0.6) is 0 Å². The predicted octanol–water partition coefficient (Wildman–Crippen LogP) is 3.30. The lowest BCUT2D eigenvalue weighted by molar-refractivity contribution is -0.148. The summed E-state index contributed by atoms with van der Waals surface area (Å²) in [6.45, 7) is 1.54. The molecule has 1 amide bonds. The molecule has 2 atom stereocenters. The average Bonchev–Trinajstić information content (AvgIpc) is 3.22. The van der Waals surface area contributed by atoms with Gasteiger partial charge in [0.05, 0.1) is 18.8 Å². The summed E-state index contributed by atoms with van der Waals surface area (Å²) in [6.07, 6.45) is -8.38. The molecule has 1 aliphatic rings. The minimum atomic E-state index is -4.94. The Morgan fingerprint density at radius 1 is 1.08 bits per heavy atom.